The lowest BCUT2D eigenvalue weighted by molar-refractivity contribution is -0.115. The first-order valence-corrected chi connectivity index (χ1v) is 26.7. The molecule has 0 bridgehead atoms. The number of hydrogen-bond acceptors (Lipinski definition) is 27. The predicted octanol–water partition coefficient (Wildman–Crippen LogP) is -3.22. The van der Waals surface area contributed by atoms with Crippen LogP contribution in [-0.2, 0) is 18.9 Å². The first kappa shape index (κ1) is 64.7. The van der Waals surface area contributed by atoms with E-state index in [1.54, 1.807) is 0 Å². The molecule has 16 atom stereocenters. The predicted molar refractivity (Wildman–Crippen MR) is 300 cm³/mol. The first-order chi connectivity index (χ1) is 42.5. The zero-order valence-corrected chi connectivity index (χ0v) is 46.7. The van der Waals surface area contributed by atoms with Gasteiger partial charge in [0.2, 0.25) is 11.9 Å². The number of imidazole rings is 4. The zero-order valence-electron chi connectivity index (χ0n) is 46.7. The maximum Gasteiger partial charge on any atom is 0.280 e. The Kier molecular flexibility index (Phi) is 18.5. The van der Waals surface area contributed by atoms with Gasteiger partial charge < -0.3 is 82.0 Å². The van der Waals surface area contributed by atoms with Crippen molar-refractivity contribution in [1.29, 1.82) is 0 Å². The maximum atomic E-state index is 13.5. The van der Waals surface area contributed by atoms with Gasteiger partial charge >= 0.3 is 0 Å². The highest BCUT2D eigenvalue weighted by Gasteiger charge is 2.57. The van der Waals surface area contributed by atoms with Crippen molar-refractivity contribution in [2.75, 3.05) is 70.3 Å². The molecular weight excluding hydrogens is 1190 g/mol. The quantitative estimate of drug-likeness (QED) is 0.0289. The Morgan fingerprint density at radius 1 is 0.562 bits per heavy atom. The van der Waals surface area contributed by atoms with Crippen molar-refractivity contribution < 1.29 is 77.4 Å². The number of aliphatic hydroxyl groups excluding tert-OH is 8. The van der Waals surface area contributed by atoms with Gasteiger partial charge in [-0.25, -0.2) is 34.9 Å². The molecule has 0 unspecified atom stereocenters. The van der Waals surface area contributed by atoms with Gasteiger partial charge in [0, 0.05) is 0 Å². The Balaban J connectivity index is 0.000000141. The number of aliphatic hydroxyl groups is 8. The first-order valence-electron chi connectivity index (χ1n) is 26.7. The fourth-order valence-electron chi connectivity index (χ4n) is 10.9. The van der Waals surface area contributed by atoms with Crippen LogP contribution in [0.4, 0.5) is 35.3 Å². The van der Waals surface area contributed by atoms with Crippen LogP contribution < -0.4 is 33.9 Å². The summed E-state index contributed by atoms with van der Waals surface area (Å²) in [4.78, 5) is 78.0. The highest BCUT2D eigenvalue weighted by Crippen LogP contribution is 2.46. The SMILES string of the molecule is C#C[C@]1(CO)O[C@@H](n2cnc3c(=O)[nH]c(N)nc32)[C@@H](CF)[C@@H]1O.C=C[C@]1(CO)O[C@@H](n2cnc3c(=O)[nH]c(N)nc32)[C@@H](CF)[C@@H]1O.C=C[C@]1(CO)O[C@@H](n2cnc3c(=O)[nH]cnc32)[C@@H](CF)[C@@H]1O.C[C@]1(CO)O[C@@H](n2cnc3c(N)ncnc32)[C@@H](CF)[C@@H]1O. The minimum Gasteiger partial charge on any atom is -0.393 e. The smallest absolute Gasteiger partial charge is 0.280 e. The molecule has 8 aromatic heterocycles. The van der Waals surface area contributed by atoms with Gasteiger partial charge in [-0.05, 0) is 6.92 Å². The number of anilines is 3. The van der Waals surface area contributed by atoms with E-state index in [1.165, 1.54) is 75.3 Å². The average molecular weight is 1260 g/mol. The molecule has 478 valence electrons. The third-order valence-corrected chi connectivity index (χ3v) is 16.0. The normalized spacial score (nSPS) is 31.5. The minimum absolute atomic E-state index is 0.00926. The van der Waals surface area contributed by atoms with Crippen molar-refractivity contribution in [3.63, 3.8) is 0 Å². The van der Waals surface area contributed by atoms with E-state index in [2.05, 4.69) is 78.9 Å². The molecule has 12 heterocycles. The Labute approximate surface area is 496 Å². The van der Waals surface area contributed by atoms with Crippen LogP contribution in [0.2, 0.25) is 0 Å². The molecule has 0 radical (unpaired) electrons. The molecule has 0 aliphatic carbocycles. The van der Waals surface area contributed by atoms with Crippen molar-refractivity contribution in [2.24, 2.45) is 23.7 Å². The summed E-state index contributed by atoms with van der Waals surface area (Å²) in [5.74, 6) is -1.76. The third-order valence-electron chi connectivity index (χ3n) is 16.0. The standard InChI is InChI=1S/C13H16FN5O4.C13H14FN5O4.C13H15FN4O4.C12H16FN5O3/c2*1-2-13(4-20)8(21)6(3-14)11(23-13)19-5-16-7-9(19)17-12(15)18-10(7)22;1-2-13(4-19)9(20)7(3-14)12(22-13)18-6-17-8-10(18)15-5-16-11(8)21;1-12(3-19)8(20)6(2-13)11(21-12)18-5-17-7-9(14)15-4-16-10(7)18/h2,5-6,8,11,20-21H,1,3-4H2,(H3,15,17,18,22);1,5-6,8,11,20-21H,3-4H2,(H3,15,17,18,22);2,5-7,9,12,19-20H,1,3-4H2,(H,15,16,21);4-6,8,11,19-20H,2-3H2,1H3,(H2,14,15,16)/t2*6-,8-,11+,13+;7-,9-,12+,13+;6-,8-,11+,12+/m0000/s1. The number of nitrogens with two attached hydrogens (primary N) is 3. The van der Waals surface area contributed by atoms with Crippen LogP contribution in [0.1, 0.15) is 31.8 Å². The van der Waals surface area contributed by atoms with Crippen LogP contribution in [-0.4, -0.2) is 219 Å². The molecule has 38 heteroatoms. The molecule has 0 aromatic carbocycles. The van der Waals surface area contributed by atoms with Crippen LogP contribution in [0.15, 0.2) is 77.7 Å². The molecule has 89 heavy (non-hydrogen) atoms. The molecule has 4 aliphatic rings. The summed E-state index contributed by atoms with van der Waals surface area (Å²) in [6, 6.07) is 0. The van der Waals surface area contributed by atoms with Gasteiger partial charge in [-0.15, -0.1) is 19.6 Å². The molecule has 8 aromatic rings. The number of fused-ring (bicyclic) bond motifs is 4. The van der Waals surface area contributed by atoms with Crippen LogP contribution in [0, 0.1) is 36.0 Å². The number of nitrogens with one attached hydrogen (secondary N) is 3. The molecule has 34 nitrogen and oxygen atoms in total. The van der Waals surface area contributed by atoms with Crippen LogP contribution >= 0.6 is 0 Å². The highest BCUT2D eigenvalue weighted by molar-refractivity contribution is 5.81. The highest BCUT2D eigenvalue weighted by atomic mass is 19.1. The Morgan fingerprint density at radius 3 is 1.39 bits per heavy atom. The number of aromatic nitrogens is 16. The van der Waals surface area contributed by atoms with Gasteiger partial charge in [0.25, 0.3) is 16.7 Å². The summed E-state index contributed by atoms with van der Waals surface area (Å²) in [7, 11) is 0. The second-order valence-corrected chi connectivity index (χ2v) is 21.1. The molecule has 4 fully saturated rings. The summed E-state index contributed by atoms with van der Waals surface area (Å²) in [6.45, 7) is 2.78. The zero-order chi connectivity index (χ0) is 64.7. The van der Waals surface area contributed by atoms with Crippen molar-refractivity contribution in [3.05, 3.63) is 94.3 Å². The number of halogens is 4. The Hall–Kier alpha value is -8.72. The molecule has 4 saturated heterocycles. The van der Waals surface area contributed by atoms with Gasteiger partial charge in [0.05, 0.1) is 127 Å². The van der Waals surface area contributed by atoms with Crippen molar-refractivity contribution in [2.45, 2.75) is 78.7 Å². The number of hydrogen-bond donors (Lipinski definition) is 14. The van der Waals surface area contributed by atoms with E-state index in [1.807, 2.05) is 0 Å². The fourth-order valence-corrected chi connectivity index (χ4v) is 10.9. The number of aromatic amines is 3. The van der Waals surface area contributed by atoms with Gasteiger partial charge in [-0.3, -0.25) is 60.2 Å². The monoisotopic (exact) mass is 1260 g/mol. The van der Waals surface area contributed by atoms with E-state index in [9.17, 15) is 72.8 Å². The molecule has 0 amide bonds. The summed E-state index contributed by atoms with van der Waals surface area (Å²) < 4.78 is 81.7. The summed E-state index contributed by atoms with van der Waals surface area (Å²) in [5, 5.41) is 78.9. The Bertz CT molecular complexity index is 4100. The maximum absolute atomic E-state index is 13.5. The average Bonchev–Trinajstić information content (AvgIpc) is 1.65. The van der Waals surface area contributed by atoms with E-state index >= 15 is 0 Å². The lowest BCUT2D eigenvalue weighted by atomic mass is 9.91. The Morgan fingerprint density at radius 2 is 0.966 bits per heavy atom. The molecule has 0 saturated carbocycles. The van der Waals surface area contributed by atoms with Crippen molar-refractivity contribution in [3.8, 4) is 12.3 Å². The van der Waals surface area contributed by atoms with E-state index < -0.39 is 165 Å². The number of nitrogens with zero attached hydrogens (tertiary/aromatic N) is 13. The fraction of sp³-hybridized carbons (Fsp3) is 0.490. The second-order valence-electron chi connectivity index (χ2n) is 21.1. The van der Waals surface area contributed by atoms with E-state index in [0.717, 1.165) is 0 Å². The molecule has 0 spiro atoms. The minimum atomic E-state index is -1.75. The lowest BCUT2D eigenvalue weighted by Crippen LogP contribution is -2.43. The summed E-state index contributed by atoms with van der Waals surface area (Å²) >= 11 is 0. The number of rotatable bonds is 14. The van der Waals surface area contributed by atoms with E-state index in [4.69, 9.17) is 42.6 Å². The van der Waals surface area contributed by atoms with E-state index in [-0.39, 0.29) is 51.2 Å². The van der Waals surface area contributed by atoms with Crippen molar-refractivity contribution in [1.82, 2.24) is 78.1 Å². The largest absolute Gasteiger partial charge is 0.393 e. The third kappa shape index (κ3) is 10.9. The molecule has 12 rings (SSSR count). The lowest BCUT2D eigenvalue weighted by Gasteiger charge is -2.26. The number of H-pyrrole nitrogens is 3. The van der Waals surface area contributed by atoms with Gasteiger partial charge in [-0.2, -0.15) is 9.97 Å². The summed E-state index contributed by atoms with van der Waals surface area (Å²) in [5.41, 5.74) is 10.4. The van der Waals surface area contributed by atoms with Gasteiger partial charge in [0.1, 0.15) is 59.7 Å². The van der Waals surface area contributed by atoms with Gasteiger partial charge in [-0.1, -0.05) is 18.1 Å². The number of ether oxygens (including phenoxy) is 4. The molecule has 4 aliphatic heterocycles. The van der Waals surface area contributed by atoms with E-state index in [0.29, 0.717) is 11.2 Å². The second kappa shape index (κ2) is 25.4. The summed E-state index contributed by atoms with van der Waals surface area (Å²) in [6.07, 6.45) is 6.34. The topological polar surface area (TPSA) is 511 Å². The van der Waals surface area contributed by atoms with Crippen LogP contribution in [0.5, 0.6) is 0 Å². The number of terminal acetylenes is 1. The van der Waals surface area contributed by atoms with Crippen molar-refractivity contribution >= 4 is 62.4 Å². The van der Waals surface area contributed by atoms with Crippen LogP contribution in [0.3, 0.4) is 0 Å². The molecule has 17 N–H and O–H groups in total. The number of alkyl halides is 4. The van der Waals surface area contributed by atoms with Gasteiger partial charge in [0.15, 0.2) is 50.6 Å². The molecular formula is C51H61F4N19O15. The van der Waals surface area contributed by atoms with Crippen LogP contribution in [0.25, 0.3) is 44.7 Å². The number of nitrogen functional groups attached to an aromatic ring is 3.